The number of carbonyl (C=O) groups is 1. The first-order valence-electron chi connectivity index (χ1n) is 40.7. The SMILES string of the molecule is CC/C=C\C/C=C\C/C=C\C/C=C\C/C=C\C/C=C\C/C=C\C/C=C\C/C=C\C/C=C\C/C=C\CCCCCC(=O)NC(COC1OC(CO)C(OC2OC(CO)C(OC3OC(CO)C(O)C(O)C3O)C(O)C2O)C(O)C1O)C(O)/C=C/CC/C=C/CCCCCCCCCCCCCCCCCCCC. The molecule has 3 aliphatic heterocycles. The molecule has 0 radical (unpaired) electrons. The van der Waals surface area contributed by atoms with Crippen LogP contribution in [0, 0.1) is 0 Å². The molecule has 17 atom stereocenters. The molecule has 0 aromatic carbocycles. The van der Waals surface area contributed by atoms with Crippen molar-refractivity contribution in [3.05, 3.63) is 158 Å². The van der Waals surface area contributed by atoms with E-state index in [1.54, 1.807) is 6.08 Å². The summed E-state index contributed by atoms with van der Waals surface area (Å²) in [6.45, 7) is 1.58. The summed E-state index contributed by atoms with van der Waals surface area (Å²) in [6.07, 6.45) is 69.4. The number of hydrogen-bond acceptors (Lipinski definition) is 18. The Bertz CT molecular complexity index is 2530. The lowest BCUT2D eigenvalue weighted by Gasteiger charge is -2.48. The maximum absolute atomic E-state index is 13.5. The molecule has 0 spiro atoms. The Balaban J connectivity index is 1.40. The van der Waals surface area contributed by atoms with Gasteiger partial charge in [-0.1, -0.05) is 287 Å². The van der Waals surface area contributed by atoms with Crippen LogP contribution < -0.4 is 5.32 Å². The molecule has 3 heterocycles. The first kappa shape index (κ1) is 95.6. The van der Waals surface area contributed by atoms with Crippen molar-refractivity contribution in [1.82, 2.24) is 5.32 Å². The van der Waals surface area contributed by atoms with Crippen LogP contribution in [0.5, 0.6) is 0 Å². The third kappa shape index (κ3) is 44.3. The monoisotopic (exact) mass is 1490 g/mol. The Labute approximate surface area is 637 Å². The van der Waals surface area contributed by atoms with Crippen molar-refractivity contribution in [3.8, 4) is 0 Å². The molecule has 17 unspecified atom stereocenters. The van der Waals surface area contributed by atoms with Gasteiger partial charge in [-0.3, -0.25) is 4.79 Å². The summed E-state index contributed by atoms with van der Waals surface area (Å²) in [5.41, 5.74) is 0. The molecular weight excluding hydrogens is 1350 g/mol. The number of unbranched alkanes of at least 4 members (excludes halogenated alkanes) is 22. The topological polar surface area (TPSA) is 307 Å². The second-order valence-corrected chi connectivity index (χ2v) is 28.1. The van der Waals surface area contributed by atoms with Crippen LogP contribution in [-0.4, -0.2) is 193 Å². The number of allylic oxidation sites excluding steroid dienone is 25. The molecule has 3 aliphatic rings. The van der Waals surface area contributed by atoms with E-state index in [0.29, 0.717) is 12.8 Å². The summed E-state index contributed by atoms with van der Waals surface area (Å²) in [5, 5.41) is 121. The molecule has 12 N–H and O–H groups in total. The minimum atomic E-state index is -1.99. The maximum atomic E-state index is 13.5. The van der Waals surface area contributed by atoms with E-state index < -0.39 is 131 Å². The van der Waals surface area contributed by atoms with Crippen LogP contribution in [0.1, 0.15) is 251 Å². The molecule has 1 amide bonds. The molecule has 19 heteroatoms. The molecule has 0 aromatic rings. The molecule has 3 saturated heterocycles. The van der Waals surface area contributed by atoms with Crippen molar-refractivity contribution in [2.45, 2.75) is 356 Å². The van der Waals surface area contributed by atoms with Crippen molar-refractivity contribution >= 4 is 5.91 Å². The summed E-state index contributed by atoms with van der Waals surface area (Å²) in [4.78, 5) is 13.5. The Hall–Kier alpha value is -4.59. The van der Waals surface area contributed by atoms with Crippen molar-refractivity contribution in [2.24, 2.45) is 0 Å². The highest BCUT2D eigenvalue weighted by Gasteiger charge is 2.54. The van der Waals surface area contributed by atoms with E-state index in [-0.39, 0.29) is 12.3 Å². The van der Waals surface area contributed by atoms with Crippen LogP contribution in [0.25, 0.3) is 0 Å². The van der Waals surface area contributed by atoms with Crippen molar-refractivity contribution < 1.29 is 89.4 Å². The molecular formula is C87H143NO18. The lowest BCUT2D eigenvalue weighted by molar-refractivity contribution is -0.379. The number of hydrogen-bond donors (Lipinski definition) is 12. The average Bonchev–Trinajstić information content (AvgIpc) is 0.780. The van der Waals surface area contributed by atoms with Crippen molar-refractivity contribution in [3.63, 3.8) is 0 Å². The number of ether oxygens (including phenoxy) is 6. The number of carbonyl (C=O) groups excluding carboxylic acids is 1. The van der Waals surface area contributed by atoms with Gasteiger partial charge in [-0.15, -0.1) is 0 Å². The Morgan fingerprint density at radius 2 is 0.660 bits per heavy atom. The van der Waals surface area contributed by atoms with Crippen LogP contribution >= 0.6 is 0 Å². The van der Waals surface area contributed by atoms with E-state index in [9.17, 15) is 61.0 Å². The second kappa shape index (κ2) is 65.2. The second-order valence-electron chi connectivity index (χ2n) is 28.1. The standard InChI is InChI=1S/C87H143NO18/c1-3-5-7-9-11-13-15-17-19-21-23-25-27-29-30-31-32-33-34-35-36-37-38-39-40-41-43-45-47-49-51-53-55-57-59-61-63-65-75(93)88-70(71(92)64-62-60-58-56-54-52-50-48-46-44-42-28-26-24-22-20-18-16-14-12-10-8-6-4-2)69-101-85-81(99)78(96)83(73(67-90)103-85)106-87-82(100)79(97)84(74(68-91)104-87)105-86-80(98)77(95)76(94)72(66-89)102-86/h5,7,11,13,17,19,23,25,29-30,32-33,35-36,38-39,41,43,47,49,53-56,62,64,70-74,76-87,89-92,94-100H,3-4,6,8-10,12,14-16,18,20-22,24,26-28,31,34,37,40,42,44-46,48,50-52,57-61,63,65-69H2,1-2H3,(H,88,93)/b7-5-,13-11-,19-17-,25-23-,30-29-,33-32-,36-35-,39-38-,43-41-,49-47-,55-53-,56-54+,64-62+. The molecule has 0 saturated carbocycles. The Morgan fingerprint density at radius 3 is 1.06 bits per heavy atom. The first-order valence-corrected chi connectivity index (χ1v) is 40.7. The predicted octanol–water partition coefficient (Wildman–Crippen LogP) is 14.0. The molecule has 3 rings (SSSR count). The molecule has 0 aliphatic carbocycles. The smallest absolute Gasteiger partial charge is 0.220 e. The first-order chi connectivity index (χ1) is 51.8. The molecule has 0 aromatic heterocycles. The number of nitrogens with one attached hydrogen (secondary N) is 1. The van der Waals surface area contributed by atoms with Crippen LogP contribution in [0.15, 0.2) is 158 Å². The summed E-state index contributed by atoms with van der Waals surface area (Å²) < 4.78 is 34.4. The van der Waals surface area contributed by atoms with Gasteiger partial charge in [0.2, 0.25) is 5.91 Å². The maximum Gasteiger partial charge on any atom is 0.220 e. The number of aliphatic hydroxyl groups is 11. The average molecular weight is 1490 g/mol. The fourth-order valence-electron chi connectivity index (χ4n) is 12.6. The van der Waals surface area contributed by atoms with Gasteiger partial charge in [0, 0.05) is 6.42 Å². The van der Waals surface area contributed by atoms with Gasteiger partial charge in [0.1, 0.15) is 73.2 Å². The van der Waals surface area contributed by atoms with Crippen LogP contribution in [0.2, 0.25) is 0 Å². The highest BCUT2D eigenvalue weighted by Crippen LogP contribution is 2.33. The zero-order chi connectivity index (χ0) is 76.7. The summed E-state index contributed by atoms with van der Waals surface area (Å²) in [6, 6.07) is -1.02. The highest BCUT2D eigenvalue weighted by molar-refractivity contribution is 5.76. The third-order valence-electron chi connectivity index (χ3n) is 19.1. The zero-order valence-electron chi connectivity index (χ0n) is 64.6. The number of aliphatic hydroxyl groups excluding tert-OH is 11. The van der Waals surface area contributed by atoms with Crippen LogP contribution in [0.4, 0.5) is 0 Å². The fourth-order valence-corrected chi connectivity index (χ4v) is 12.6. The molecule has 19 nitrogen and oxygen atoms in total. The van der Waals surface area contributed by atoms with Gasteiger partial charge in [0.05, 0.1) is 38.6 Å². The van der Waals surface area contributed by atoms with Crippen molar-refractivity contribution in [2.75, 3.05) is 26.4 Å². The zero-order valence-corrected chi connectivity index (χ0v) is 64.6. The minimum absolute atomic E-state index is 0.185. The quantitative estimate of drug-likeness (QED) is 0.0199. The van der Waals surface area contributed by atoms with Gasteiger partial charge in [-0.2, -0.15) is 0 Å². The largest absolute Gasteiger partial charge is 0.394 e. The van der Waals surface area contributed by atoms with Crippen LogP contribution in [-0.2, 0) is 33.2 Å². The summed E-state index contributed by atoms with van der Waals surface area (Å²) >= 11 is 0. The molecule has 604 valence electrons. The highest BCUT2D eigenvalue weighted by atomic mass is 16.8. The number of rotatable bonds is 62. The van der Waals surface area contributed by atoms with E-state index in [0.717, 1.165) is 109 Å². The van der Waals surface area contributed by atoms with E-state index in [1.807, 2.05) is 6.08 Å². The Morgan fingerprint density at radius 1 is 0.349 bits per heavy atom. The summed E-state index contributed by atoms with van der Waals surface area (Å²) in [5.74, 6) is -0.322. The Kier molecular flexibility index (Phi) is 58.8. The van der Waals surface area contributed by atoms with E-state index in [2.05, 4.69) is 165 Å². The molecule has 3 fully saturated rings. The van der Waals surface area contributed by atoms with Crippen molar-refractivity contribution in [1.29, 1.82) is 0 Å². The van der Waals surface area contributed by atoms with E-state index >= 15 is 0 Å². The van der Waals surface area contributed by atoms with Crippen LogP contribution in [0.3, 0.4) is 0 Å². The summed E-state index contributed by atoms with van der Waals surface area (Å²) in [7, 11) is 0. The predicted molar refractivity (Wildman–Crippen MR) is 424 cm³/mol. The van der Waals surface area contributed by atoms with Gasteiger partial charge in [0.25, 0.3) is 0 Å². The normalized spacial score (nSPS) is 26.5. The van der Waals surface area contributed by atoms with Gasteiger partial charge < -0.3 is 89.9 Å². The number of amides is 1. The van der Waals surface area contributed by atoms with Gasteiger partial charge in [-0.25, -0.2) is 0 Å². The third-order valence-corrected chi connectivity index (χ3v) is 19.1. The minimum Gasteiger partial charge on any atom is -0.394 e. The lowest BCUT2D eigenvalue weighted by atomic mass is 9.96. The molecule has 106 heavy (non-hydrogen) atoms. The van der Waals surface area contributed by atoms with E-state index in [1.165, 1.54) is 109 Å². The molecule has 0 bridgehead atoms. The fraction of sp³-hybridized carbons (Fsp3) is 0.690. The van der Waals surface area contributed by atoms with Gasteiger partial charge >= 0.3 is 0 Å². The van der Waals surface area contributed by atoms with Gasteiger partial charge in [-0.05, 0) is 116 Å². The van der Waals surface area contributed by atoms with E-state index in [4.69, 9.17) is 28.4 Å². The lowest BCUT2D eigenvalue weighted by Crippen LogP contribution is -2.66. The van der Waals surface area contributed by atoms with Gasteiger partial charge in [0.15, 0.2) is 18.9 Å².